The third-order valence-corrected chi connectivity index (χ3v) is 1.57. The van der Waals surface area contributed by atoms with Crippen LogP contribution < -0.4 is 0 Å². The number of β-amino-alcohol motifs (C(OH)–C–C–N with tert-alkyl or cyclic N) is 1. The summed E-state index contributed by atoms with van der Waals surface area (Å²) in [5.74, 6) is 0. The van der Waals surface area contributed by atoms with Gasteiger partial charge in [0, 0.05) is 0 Å². The first kappa shape index (κ1) is 8.45. The molecule has 3 N–H and O–H groups in total. The second-order valence-corrected chi connectivity index (χ2v) is 2.61. The van der Waals surface area contributed by atoms with Crippen molar-refractivity contribution in [2.45, 2.75) is 6.10 Å². The largest absolute Gasteiger partial charge is 0.394 e. The zero-order chi connectivity index (χ0) is 8.27. The minimum atomic E-state index is -0.724. The molecule has 0 aliphatic carbocycles. The first-order valence-electron chi connectivity index (χ1n) is 3.56. The number of aliphatic hydroxyl groups excluding tert-OH is 2. The zero-order valence-corrected chi connectivity index (χ0v) is 6.22. The van der Waals surface area contributed by atoms with Gasteiger partial charge in [-0.25, -0.2) is 5.21 Å². The maximum atomic E-state index is 8.99. The van der Waals surface area contributed by atoms with Crippen LogP contribution in [0, 0.1) is 0 Å². The van der Waals surface area contributed by atoms with E-state index >= 15 is 0 Å². The van der Waals surface area contributed by atoms with Crippen LogP contribution in [0.15, 0.2) is 0 Å². The molecule has 0 saturated heterocycles. The van der Waals surface area contributed by atoms with E-state index < -0.39 is 6.10 Å². The summed E-state index contributed by atoms with van der Waals surface area (Å²) in [5.41, 5.74) is 0. The zero-order valence-electron chi connectivity index (χ0n) is 6.22. The highest BCUT2D eigenvalue weighted by molar-refractivity contribution is 5.48. The van der Waals surface area contributed by atoms with Crippen LogP contribution in [0.1, 0.15) is 0 Å². The lowest BCUT2D eigenvalue weighted by Crippen LogP contribution is -2.27. The molecule has 0 aromatic carbocycles. The topological polar surface area (TPSA) is 66.9 Å². The van der Waals surface area contributed by atoms with Gasteiger partial charge in [-0.15, -0.1) is 5.06 Å². The number of hydroxylamine groups is 2. The van der Waals surface area contributed by atoms with Crippen molar-refractivity contribution in [3.63, 3.8) is 0 Å². The Bertz CT molecular complexity index is 160. The van der Waals surface area contributed by atoms with Crippen molar-refractivity contribution in [1.29, 1.82) is 0 Å². The fraction of sp³-hybridized carbons (Fsp3) is 0.833. The molecule has 0 amide bonds. The van der Waals surface area contributed by atoms with Gasteiger partial charge in [0.25, 0.3) is 6.34 Å². The summed E-state index contributed by atoms with van der Waals surface area (Å²) in [6, 6.07) is 0. The first-order chi connectivity index (χ1) is 5.22. The van der Waals surface area contributed by atoms with Gasteiger partial charge in [0.15, 0.2) is 6.54 Å². The van der Waals surface area contributed by atoms with E-state index in [1.54, 1.807) is 4.58 Å². The molecule has 0 bridgehead atoms. The van der Waals surface area contributed by atoms with Crippen molar-refractivity contribution in [1.82, 2.24) is 5.06 Å². The van der Waals surface area contributed by atoms with E-state index in [0.717, 1.165) is 5.06 Å². The molecule has 0 saturated carbocycles. The SMILES string of the molecule is OCC(O)C[N+]1=CN(O)CC1. The minimum Gasteiger partial charge on any atom is -0.394 e. The van der Waals surface area contributed by atoms with Crippen LogP contribution in [0.4, 0.5) is 0 Å². The predicted molar refractivity (Wildman–Crippen MR) is 37.6 cm³/mol. The van der Waals surface area contributed by atoms with Gasteiger partial charge >= 0.3 is 0 Å². The van der Waals surface area contributed by atoms with Crippen LogP contribution in [0.25, 0.3) is 0 Å². The van der Waals surface area contributed by atoms with Crippen molar-refractivity contribution >= 4 is 6.34 Å². The molecule has 11 heavy (non-hydrogen) atoms. The highest BCUT2D eigenvalue weighted by atomic mass is 16.5. The summed E-state index contributed by atoms with van der Waals surface area (Å²) in [5, 5.41) is 27.4. The number of rotatable bonds is 3. The predicted octanol–water partition coefficient (Wildman–Crippen LogP) is -1.91. The van der Waals surface area contributed by atoms with Crippen LogP contribution >= 0.6 is 0 Å². The van der Waals surface area contributed by atoms with E-state index in [1.165, 1.54) is 6.34 Å². The van der Waals surface area contributed by atoms with Gasteiger partial charge in [0.1, 0.15) is 19.2 Å². The maximum Gasteiger partial charge on any atom is 0.264 e. The lowest BCUT2D eigenvalue weighted by Gasteiger charge is -2.04. The molecule has 1 aliphatic heterocycles. The molecule has 0 radical (unpaired) electrons. The molecule has 0 fully saturated rings. The van der Waals surface area contributed by atoms with Crippen molar-refractivity contribution in [2.24, 2.45) is 0 Å². The normalized spacial score (nSPS) is 20.3. The Morgan fingerprint density at radius 3 is 2.82 bits per heavy atom. The highest BCUT2D eigenvalue weighted by Gasteiger charge is 2.18. The van der Waals surface area contributed by atoms with Gasteiger partial charge in [-0.1, -0.05) is 0 Å². The van der Waals surface area contributed by atoms with Crippen LogP contribution in [-0.2, 0) is 0 Å². The first-order valence-corrected chi connectivity index (χ1v) is 3.56. The van der Waals surface area contributed by atoms with Gasteiger partial charge in [0.2, 0.25) is 0 Å². The quantitative estimate of drug-likeness (QED) is 0.422. The van der Waals surface area contributed by atoms with E-state index in [4.69, 9.17) is 15.4 Å². The summed E-state index contributed by atoms with van der Waals surface area (Å²) < 4.78 is 1.75. The van der Waals surface area contributed by atoms with Gasteiger partial charge < -0.3 is 10.2 Å². The molecule has 1 rings (SSSR count). The standard InChI is InChI=1S/C6H13N2O3/c9-4-6(10)3-7-1-2-8(11)5-7/h5-6,9-11H,1-4H2/q+1. The molecule has 0 spiro atoms. The average Bonchev–Trinajstić information content (AvgIpc) is 2.35. The molecule has 0 aromatic rings. The molecule has 64 valence electrons. The number of aliphatic hydroxyl groups is 2. The average molecular weight is 161 g/mol. The summed E-state index contributed by atoms with van der Waals surface area (Å²) >= 11 is 0. The second kappa shape index (κ2) is 3.66. The van der Waals surface area contributed by atoms with Gasteiger partial charge in [-0.05, 0) is 0 Å². The molecule has 1 heterocycles. The van der Waals surface area contributed by atoms with Crippen molar-refractivity contribution < 1.29 is 20.0 Å². The van der Waals surface area contributed by atoms with E-state index in [0.29, 0.717) is 19.6 Å². The fourth-order valence-electron chi connectivity index (χ4n) is 1.00. The van der Waals surface area contributed by atoms with Crippen LogP contribution in [-0.4, -0.2) is 63.7 Å². The molecule has 5 heteroatoms. The maximum absolute atomic E-state index is 8.99. The molecular formula is C6H13N2O3+. The number of hydrogen-bond donors (Lipinski definition) is 3. The van der Waals surface area contributed by atoms with Crippen LogP contribution in [0.5, 0.6) is 0 Å². The van der Waals surface area contributed by atoms with Crippen molar-refractivity contribution in [3.05, 3.63) is 0 Å². The Morgan fingerprint density at radius 2 is 2.36 bits per heavy atom. The van der Waals surface area contributed by atoms with Crippen molar-refractivity contribution in [2.75, 3.05) is 26.2 Å². The van der Waals surface area contributed by atoms with E-state index in [9.17, 15) is 0 Å². The molecule has 0 aromatic heterocycles. The molecule has 1 unspecified atom stereocenters. The Kier molecular flexibility index (Phi) is 2.81. The highest BCUT2D eigenvalue weighted by Crippen LogP contribution is 1.91. The Balaban J connectivity index is 2.32. The molecular weight excluding hydrogens is 148 g/mol. The summed E-state index contributed by atoms with van der Waals surface area (Å²) in [6.07, 6.45) is 0.788. The minimum absolute atomic E-state index is 0.240. The fourth-order valence-corrected chi connectivity index (χ4v) is 1.00. The third kappa shape index (κ3) is 2.45. The molecule has 5 nitrogen and oxygen atoms in total. The Morgan fingerprint density at radius 1 is 1.64 bits per heavy atom. The smallest absolute Gasteiger partial charge is 0.264 e. The van der Waals surface area contributed by atoms with Gasteiger partial charge in [-0.3, -0.25) is 4.58 Å². The van der Waals surface area contributed by atoms with E-state index in [-0.39, 0.29) is 6.61 Å². The summed E-state index contributed by atoms with van der Waals surface area (Å²) in [7, 11) is 0. The van der Waals surface area contributed by atoms with Gasteiger partial charge in [0.05, 0.1) is 6.61 Å². The summed E-state index contributed by atoms with van der Waals surface area (Å²) in [4.78, 5) is 0. The molecule has 1 aliphatic rings. The van der Waals surface area contributed by atoms with Gasteiger partial charge in [-0.2, -0.15) is 0 Å². The third-order valence-electron chi connectivity index (χ3n) is 1.57. The van der Waals surface area contributed by atoms with E-state index in [1.807, 2.05) is 0 Å². The van der Waals surface area contributed by atoms with Crippen LogP contribution in [0.3, 0.4) is 0 Å². The van der Waals surface area contributed by atoms with Crippen LogP contribution in [0.2, 0.25) is 0 Å². The second-order valence-electron chi connectivity index (χ2n) is 2.61. The molecule has 1 atom stereocenters. The number of hydrogen-bond acceptors (Lipinski definition) is 4. The lowest BCUT2D eigenvalue weighted by molar-refractivity contribution is -0.523. The number of nitrogens with zero attached hydrogens (tertiary/aromatic N) is 2. The Hall–Kier alpha value is -0.650. The summed E-state index contributed by atoms with van der Waals surface area (Å²) in [6.45, 7) is 1.37. The van der Waals surface area contributed by atoms with E-state index in [2.05, 4.69) is 0 Å². The lowest BCUT2D eigenvalue weighted by atomic mass is 10.4. The van der Waals surface area contributed by atoms with Crippen molar-refractivity contribution in [3.8, 4) is 0 Å². The monoisotopic (exact) mass is 161 g/mol. The Labute approximate surface area is 64.8 Å².